The Bertz CT molecular complexity index is 1420. The molecule has 0 saturated heterocycles. The zero-order valence-corrected chi connectivity index (χ0v) is 17.2. The summed E-state index contributed by atoms with van der Waals surface area (Å²) in [5, 5.41) is 15.5. The van der Waals surface area contributed by atoms with Gasteiger partial charge in [-0.25, -0.2) is 4.98 Å². The summed E-state index contributed by atoms with van der Waals surface area (Å²) in [5.41, 5.74) is 7.06. The molecule has 1 amide bonds. The molecular formula is C25H20N6O. The molecule has 1 aliphatic rings. The number of hydrogen-bond donors (Lipinski definition) is 2. The van der Waals surface area contributed by atoms with Crippen molar-refractivity contribution in [3.63, 3.8) is 0 Å². The van der Waals surface area contributed by atoms with Crippen LogP contribution in [0.3, 0.4) is 0 Å². The molecule has 3 aromatic carbocycles. The van der Waals surface area contributed by atoms with Crippen molar-refractivity contribution in [1.82, 2.24) is 25.4 Å². The number of nitrogens with one attached hydrogen (secondary N) is 2. The van der Waals surface area contributed by atoms with Gasteiger partial charge in [0, 0.05) is 22.2 Å². The Morgan fingerprint density at radius 1 is 0.969 bits per heavy atom. The molecule has 0 spiro atoms. The molecule has 0 radical (unpaired) electrons. The lowest BCUT2D eigenvalue weighted by Gasteiger charge is -2.26. The minimum atomic E-state index is 0.0490. The fourth-order valence-corrected chi connectivity index (χ4v) is 4.68. The molecule has 7 nitrogen and oxygen atoms in total. The average Bonchev–Trinajstić information content (AvgIpc) is 3.59. The first-order chi connectivity index (χ1) is 15.8. The van der Waals surface area contributed by atoms with Gasteiger partial charge in [-0.1, -0.05) is 36.4 Å². The van der Waals surface area contributed by atoms with Gasteiger partial charge < -0.3 is 4.90 Å². The minimum Gasteiger partial charge on any atom is -0.307 e. The molecule has 0 fully saturated rings. The number of rotatable bonds is 5. The maximum Gasteiger partial charge on any atom is 0.214 e. The topological polar surface area (TPSA) is 90.6 Å². The largest absolute Gasteiger partial charge is 0.307 e. The molecule has 0 bridgehead atoms. The van der Waals surface area contributed by atoms with Crippen molar-refractivity contribution in [2.24, 2.45) is 0 Å². The highest BCUT2D eigenvalue weighted by Gasteiger charge is 2.28. The average molecular weight is 420 g/mol. The Hall–Kier alpha value is -4.26. The maximum absolute atomic E-state index is 12.2. The first-order valence-electron chi connectivity index (χ1n) is 10.6. The van der Waals surface area contributed by atoms with Gasteiger partial charge in [0.25, 0.3) is 0 Å². The van der Waals surface area contributed by atoms with E-state index in [4.69, 9.17) is 0 Å². The molecule has 156 valence electrons. The van der Waals surface area contributed by atoms with Gasteiger partial charge in [-0.05, 0) is 54.3 Å². The molecule has 1 aliphatic carbocycles. The van der Waals surface area contributed by atoms with Crippen LogP contribution in [0.2, 0.25) is 0 Å². The fraction of sp³-hybridized carbons (Fsp3) is 0.120. The number of nitrogens with zero attached hydrogens (tertiary/aromatic N) is 4. The highest BCUT2D eigenvalue weighted by molar-refractivity contribution is 5.96. The molecule has 32 heavy (non-hydrogen) atoms. The Balaban J connectivity index is 1.41. The van der Waals surface area contributed by atoms with E-state index in [1.165, 1.54) is 17.5 Å². The van der Waals surface area contributed by atoms with Gasteiger partial charge in [0.1, 0.15) is 6.33 Å². The molecule has 2 heterocycles. The van der Waals surface area contributed by atoms with E-state index in [9.17, 15) is 4.79 Å². The summed E-state index contributed by atoms with van der Waals surface area (Å²) in [6.45, 7) is 0. The zero-order chi connectivity index (χ0) is 21.5. The first kappa shape index (κ1) is 18.5. The van der Waals surface area contributed by atoms with Crippen LogP contribution in [0.1, 0.15) is 23.6 Å². The smallest absolute Gasteiger partial charge is 0.214 e. The Morgan fingerprint density at radius 3 is 2.78 bits per heavy atom. The lowest BCUT2D eigenvalue weighted by molar-refractivity contribution is -0.107. The van der Waals surface area contributed by atoms with Crippen LogP contribution < -0.4 is 4.90 Å². The Labute approximate surface area is 184 Å². The van der Waals surface area contributed by atoms with Crippen LogP contribution in [0, 0.1) is 0 Å². The van der Waals surface area contributed by atoms with E-state index in [2.05, 4.69) is 43.6 Å². The van der Waals surface area contributed by atoms with Crippen LogP contribution in [0.25, 0.3) is 33.5 Å². The van der Waals surface area contributed by atoms with Crippen molar-refractivity contribution in [1.29, 1.82) is 0 Å². The van der Waals surface area contributed by atoms with Crippen LogP contribution >= 0.6 is 0 Å². The van der Waals surface area contributed by atoms with Gasteiger partial charge in [-0.3, -0.25) is 15.0 Å². The summed E-state index contributed by atoms with van der Waals surface area (Å²) >= 11 is 0. The van der Waals surface area contributed by atoms with E-state index >= 15 is 0 Å². The molecular weight excluding hydrogens is 400 g/mol. The van der Waals surface area contributed by atoms with Crippen molar-refractivity contribution in [3.05, 3.63) is 84.2 Å². The summed E-state index contributed by atoms with van der Waals surface area (Å²) in [6.07, 6.45) is 4.35. The number of aromatic amines is 2. The second-order valence-electron chi connectivity index (χ2n) is 7.98. The third kappa shape index (κ3) is 2.98. The SMILES string of the molecule is O=CN(c1cccc(-c2n[nH]c3ccc(-c4ncn[nH]4)cc23)c1)[C@H]1CCc2ccccc21. The Morgan fingerprint density at radius 2 is 1.91 bits per heavy atom. The van der Waals surface area contributed by atoms with Crippen molar-refractivity contribution >= 4 is 23.0 Å². The summed E-state index contributed by atoms with van der Waals surface area (Å²) in [7, 11) is 0. The minimum absolute atomic E-state index is 0.0490. The van der Waals surface area contributed by atoms with E-state index in [1.807, 2.05) is 53.4 Å². The normalized spacial score (nSPS) is 15.1. The second kappa shape index (κ2) is 7.46. The van der Waals surface area contributed by atoms with Crippen molar-refractivity contribution < 1.29 is 4.79 Å². The quantitative estimate of drug-likeness (QED) is 0.405. The van der Waals surface area contributed by atoms with Crippen molar-refractivity contribution in [3.8, 4) is 22.6 Å². The molecule has 7 heteroatoms. The number of carbonyl (C=O) groups excluding carboxylic acids is 1. The van der Waals surface area contributed by atoms with Gasteiger partial charge in [0.2, 0.25) is 6.41 Å². The number of anilines is 1. The van der Waals surface area contributed by atoms with Crippen molar-refractivity contribution in [2.45, 2.75) is 18.9 Å². The lowest BCUT2D eigenvalue weighted by atomic mass is 10.0. The molecule has 6 rings (SSSR count). The van der Waals surface area contributed by atoms with Gasteiger partial charge >= 0.3 is 0 Å². The molecule has 5 aromatic rings. The van der Waals surface area contributed by atoms with Gasteiger partial charge in [0.15, 0.2) is 5.82 Å². The van der Waals surface area contributed by atoms with E-state index in [1.54, 1.807) is 0 Å². The zero-order valence-electron chi connectivity index (χ0n) is 17.2. The van der Waals surface area contributed by atoms with E-state index in [-0.39, 0.29) is 6.04 Å². The van der Waals surface area contributed by atoms with Gasteiger partial charge in [0.05, 0.1) is 17.3 Å². The fourth-order valence-electron chi connectivity index (χ4n) is 4.68. The number of hydrogen-bond acceptors (Lipinski definition) is 4. The molecule has 0 unspecified atom stereocenters. The number of carbonyl (C=O) groups is 1. The van der Waals surface area contributed by atoms with E-state index < -0.39 is 0 Å². The van der Waals surface area contributed by atoms with E-state index in [0.29, 0.717) is 5.82 Å². The summed E-state index contributed by atoms with van der Waals surface area (Å²) < 4.78 is 0. The number of aromatic nitrogens is 5. The third-order valence-electron chi connectivity index (χ3n) is 6.22. The number of amides is 1. The van der Waals surface area contributed by atoms with Gasteiger partial charge in [-0.2, -0.15) is 10.2 Å². The molecule has 1 atom stereocenters. The molecule has 2 aromatic heterocycles. The standard InChI is InChI=1S/C25H20N6O/c32-15-31(23-11-9-16-4-1-2-7-20(16)23)19-6-3-5-17(12-19)24-21-13-18(25-26-14-27-30-25)8-10-22(21)28-29-24/h1-8,10,12-15,23H,9,11H2,(H,28,29)(H,26,27,30)/t23-/m0/s1. The van der Waals surface area contributed by atoms with Crippen molar-refractivity contribution in [2.75, 3.05) is 4.90 Å². The number of benzene rings is 3. The molecule has 0 aliphatic heterocycles. The van der Waals surface area contributed by atoms with Crippen LogP contribution in [0.4, 0.5) is 5.69 Å². The number of H-pyrrole nitrogens is 2. The highest BCUT2D eigenvalue weighted by Crippen LogP contribution is 2.39. The monoisotopic (exact) mass is 420 g/mol. The predicted octanol–water partition coefficient (Wildman–Crippen LogP) is 4.67. The Kier molecular flexibility index (Phi) is 4.31. The van der Waals surface area contributed by atoms with Crippen LogP contribution in [0.15, 0.2) is 73.1 Å². The predicted molar refractivity (Wildman–Crippen MR) is 123 cm³/mol. The lowest BCUT2D eigenvalue weighted by Crippen LogP contribution is -2.25. The summed E-state index contributed by atoms with van der Waals surface area (Å²) in [5.74, 6) is 0.708. The van der Waals surface area contributed by atoms with Gasteiger partial charge in [-0.15, -0.1) is 0 Å². The number of fused-ring (bicyclic) bond motifs is 2. The van der Waals surface area contributed by atoms with E-state index in [0.717, 1.165) is 52.7 Å². The van der Waals surface area contributed by atoms with Crippen LogP contribution in [0.5, 0.6) is 0 Å². The molecule has 0 saturated carbocycles. The third-order valence-corrected chi connectivity index (χ3v) is 6.22. The van der Waals surface area contributed by atoms with Crippen LogP contribution in [-0.2, 0) is 11.2 Å². The molecule has 2 N–H and O–H groups in total. The first-order valence-corrected chi connectivity index (χ1v) is 10.6. The summed E-state index contributed by atoms with van der Waals surface area (Å²) in [4.78, 5) is 18.3. The maximum atomic E-state index is 12.2. The second-order valence-corrected chi connectivity index (χ2v) is 7.98. The summed E-state index contributed by atoms with van der Waals surface area (Å²) in [6, 6.07) is 22.4. The highest BCUT2D eigenvalue weighted by atomic mass is 16.1. The number of aryl methyl sites for hydroxylation is 1. The van der Waals surface area contributed by atoms with Crippen LogP contribution in [-0.4, -0.2) is 31.8 Å².